The van der Waals surface area contributed by atoms with Crippen molar-refractivity contribution in [2.75, 3.05) is 7.05 Å². The maximum atomic E-state index is 4.60. The summed E-state index contributed by atoms with van der Waals surface area (Å²) >= 11 is 3.50. The number of hydrogen-bond acceptors (Lipinski definition) is 4. The van der Waals surface area contributed by atoms with E-state index in [9.17, 15) is 0 Å². The summed E-state index contributed by atoms with van der Waals surface area (Å²) < 4.78 is 0. The Morgan fingerprint density at radius 3 is 2.67 bits per heavy atom. The van der Waals surface area contributed by atoms with E-state index in [0.717, 1.165) is 10.7 Å². The van der Waals surface area contributed by atoms with Gasteiger partial charge >= 0.3 is 0 Å². The third-order valence-electron chi connectivity index (χ3n) is 2.46. The Labute approximate surface area is 98.0 Å². The van der Waals surface area contributed by atoms with Gasteiger partial charge in [0, 0.05) is 4.88 Å². The molecule has 0 fully saturated rings. The fourth-order valence-electron chi connectivity index (χ4n) is 1.49. The molecule has 1 atom stereocenters. The predicted molar refractivity (Wildman–Crippen MR) is 66.8 cm³/mol. The van der Waals surface area contributed by atoms with Gasteiger partial charge < -0.3 is 5.32 Å². The molecule has 0 spiro atoms. The molecule has 15 heavy (non-hydrogen) atoms. The number of nitrogens with one attached hydrogen (secondary N) is 1. The zero-order chi connectivity index (χ0) is 10.8. The molecule has 1 N–H and O–H groups in total. The van der Waals surface area contributed by atoms with Crippen molar-refractivity contribution in [1.82, 2.24) is 10.3 Å². The van der Waals surface area contributed by atoms with Crippen LogP contribution < -0.4 is 5.32 Å². The van der Waals surface area contributed by atoms with Crippen molar-refractivity contribution in [2.45, 2.75) is 19.9 Å². The first-order valence-electron chi connectivity index (χ1n) is 4.85. The molecule has 2 aromatic rings. The minimum Gasteiger partial charge on any atom is -0.307 e. The Kier molecular flexibility index (Phi) is 3.19. The SMILES string of the molecule is CNC(c1ccsc1)c1nc(C)c(C)s1. The second kappa shape index (κ2) is 4.43. The van der Waals surface area contributed by atoms with Crippen LogP contribution in [0.4, 0.5) is 0 Å². The monoisotopic (exact) mass is 238 g/mol. The Morgan fingerprint density at radius 2 is 2.20 bits per heavy atom. The van der Waals surface area contributed by atoms with E-state index in [1.165, 1.54) is 10.4 Å². The van der Waals surface area contributed by atoms with Crippen molar-refractivity contribution in [1.29, 1.82) is 0 Å². The quantitative estimate of drug-likeness (QED) is 0.888. The van der Waals surface area contributed by atoms with E-state index in [2.05, 4.69) is 41.0 Å². The van der Waals surface area contributed by atoms with Crippen LogP contribution in [0.3, 0.4) is 0 Å². The highest BCUT2D eigenvalue weighted by Gasteiger charge is 2.16. The van der Waals surface area contributed by atoms with Crippen molar-refractivity contribution in [2.24, 2.45) is 0 Å². The highest BCUT2D eigenvalue weighted by Crippen LogP contribution is 2.28. The lowest BCUT2D eigenvalue weighted by Crippen LogP contribution is -2.16. The van der Waals surface area contributed by atoms with Gasteiger partial charge in [-0.25, -0.2) is 4.98 Å². The average molecular weight is 238 g/mol. The summed E-state index contributed by atoms with van der Waals surface area (Å²) in [5, 5.41) is 8.75. The van der Waals surface area contributed by atoms with Crippen LogP contribution in [0.1, 0.15) is 27.2 Å². The molecule has 2 nitrogen and oxygen atoms in total. The molecule has 0 aromatic carbocycles. The van der Waals surface area contributed by atoms with Gasteiger partial charge in [-0.2, -0.15) is 11.3 Å². The fraction of sp³-hybridized carbons (Fsp3) is 0.364. The van der Waals surface area contributed by atoms with Crippen molar-refractivity contribution >= 4 is 22.7 Å². The van der Waals surface area contributed by atoms with E-state index < -0.39 is 0 Å². The van der Waals surface area contributed by atoms with Gasteiger partial charge in [0.15, 0.2) is 0 Å². The van der Waals surface area contributed by atoms with Crippen molar-refractivity contribution in [3.63, 3.8) is 0 Å². The second-order valence-corrected chi connectivity index (χ2v) is 5.49. The Balaban J connectivity index is 2.35. The van der Waals surface area contributed by atoms with Crippen molar-refractivity contribution in [3.8, 4) is 0 Å². The Morgan fingerprint density at radius 1 is 1.40 bits per heavy atom. The predicted octanol–water partition coefficient (Wildman–Crippen LogP) is 3.13. The zero-order valence-electron chi connectivity index (χ0n) is 9.07. The van der Waals surface area contributed by atoms with Crippen LogP contribution in [0.2, 0.25) is 0 Å². The highest BCUT2D eigenvalue weighted by atomic mass is 32.1. The molecule has 0 amide bonds. The topological polar surface area (TPSA) is 24.9 Å². The largest absolute Gasteiger partial charge is 0.307 e. The van der Waals surface area contributed by atoms with E-state index in [-0.39, 0.29) is 6.04 Å². The molecule has 4 heteroatoms. The van der Waals surface area contributed by atoms with Crippen LogP contribution in [0.15, 0.2) is 16.8 Å². The second-order valence-electron chi connectivity index (χ2n) is 3.47. The minimum atomic E-state index is 0.244. The van der Waals surface area contributed by atoms with E-state index in [1.807, 2.05) is 7.05 Å². The molecular formula is C11H14N2S2. The summed E-state index contributed by atoms with van der Waals surface area (Å²) in [4.78, 5) is 5.90. The summed E-state index contributed by atoms with van der Waals surface area (Å²) in [6, 6.07) is 2.39. The normalized spacial score (nSPS) is 13.0. The first kappa shape index (κ1) is 10.8. The number of nitrogens with zero attached hydrogens (tertiary/aromatic N) is 1. The lowest BCUT2D eigenvalue weighted by atomic mass is 10.2. The molecule has 0 bridgehead atoms. The smallest absolute Gasteiger partial charge is 0.115 e. The molecule has 80 valence electrons. The van der Waals surface area contributed by atoms with Crippen molar-refractivity contribution < 1.29 is 0 Å². The van der Waals surface area contributed by atoms with Crippen LogP contribution in [-0.2, 0) is 0 Å². The van der Waals surface area contributed by atoms with Gasteiger partial charge in [0.1, 0.15) is 5.01 Å². The summed E-state index contributed by atoms with van der Waals surface area (Å²) in [5.74, 6) is 0. The lowest BCUT2D eigenvalue weighted by molar-refractivity contribution is 0.687. The number of thiophene rings is 1. The van der Waals surface area contributed by atoms with E-state index in [0.29, 0.717) is 0 Å². The number of hydrogen-bond donors (Lipinski definition) is 1. The van der Waals surface area contributed by atoms with Crippen LogP contribution >= 0.6 is 22.7 Å². The summed E-state index contributed by atoms with van der Waals surface area (Å²) in [6.07, 6.45) is 0. The van der Waals surface area contributed by atoms with Gasteiger partial charge in [0.2, 0.25) is 0 Å². The fourth-order valence-corrected chi connectivity index (χ4v) is 3.24. The number of aromatic nitrogens is 1. The van der Waals surface area contributed by atoms with Gasteiger partial charge in [-0.3, -0.25) is 0 Å². The average Bonchev–Trinajstić information content (AvgIpc) is 2.80. The van der Waals surface area contributed by atoms with Gasteiger partial charge in [0.25, 0.3) is 0 Å². The summed E-state index contributed by atoms with van der Waals surface area (Å²) in [5.41, 5.74) is 2.45. The Hall–Kier alpha value is -0.710. The lowest BCUT2D eigenvalue weighted by Gasteiger charge is -2.11. The molecule has 2 aromatic heterocycles. The molecule has 2 rings (SSSR count). The highest BCUT2D eigenvalue weighted by molar-refractivity contribution is 7.11. The number of aryl methyl sites for hydroxylation is 2. The molecule has 1 unspecified atom stereocenters. The van der Waals surface area contributed by atoms with Gasteiger partial charge in [-0.05, 0) is 43.3 Å². The van der Waals surface area contributed by atoms with Crippen LogP contribution in [-0.4, -0.2) is 12.0 Å². The summed E-state index contributed by atoms with van der Waals surface area (Å²) in [6.45, 7) is 4.19. The molecule has 0 aliphatic carbocycles. The van der Waals surface area contributed by atoms with Crippen LogP contribution in [0, 0.1) is 13.8 Å². The summed E-state index contributed by atoms with van der Waals surface area (Å²) in [7, 11) is 1.98. The molecule has 0 saturated carbocycles. The first-order chi connectivity index (χ1) is 7.22. The molecule has 0 aliphatic heterocycles. The van der Waals surface area contributed by atoms with Crippen LogP contribution in [0.5, 0.6) is 0 Å². The third kappa shape index (κ3) is 2.12. The van der Waals surface area contributed by atoms with Gasteiger partial charge in [0.05, 0.1) is 11.7 Å². The molecule has 0 aliphatic rings. The maximum absolute atomic E-state index is 4.60. The van der Waals surface area contributed by atoms with Gasteiger partial charge in [-0.15, -0.1) is 11.3 Å². The molecular weight excluding hydrogens is 224 g/mol. The standard InChI is InChI=1S/C11H14N2S2/c1-7-8(2)15-11(13-7)10(12-3)9-4-5-14-6-9/h4-6,10,12H,1-3H3. The zero-order valence-corrected chi connectivity index (χ0v) is 10.7. The first-order valence-corrected chi connectivity index (χ1v) is 6.61. The Bertz CT molecular complexity index is 412. The molecule has 0 radical (unpaired) electrons. The van der Waals surface area contributed by atoms with E-state index >= 15 is 0 Å². The number of thiazole rings is 1. The number of rotatable bonds is 3. The third-order valence-corrected chi connectivity index (χ3v) is 4.30. The van der Waals surface area contributed by atoms with Crippen LogP contribution in [0.25, 0.3) is 0 Å². The van der Waals surface area contributed by atoms with Crippen molar-refractivity contribution in [3.05, 3.63) is 38.0 Å². The minimum absolute atomic E-state index is 0.244. The van der Waals surface area contributed by atoms with E-state index in [4.69, 9.17) is 0 Å². The maximum Gasteiger partial charge on any atom is 0.115 e. The molecule has 0 saturated heterocycles. The molecule has 2 heterocycles. The van der Waals surface area contributed by atoms with Gasteiger partial charge in [-0.1, -0.05) is 0 Å². The van der Waals surface area contributed by atoms with E-state index in [1.54, 1.807) is 22.7 Å².